The number of methoxy groups -OCH3 is 1. The average Bonchev–Trinajstić information content (AvgIpc) is 3.09. The fourth-order valence-corrected chi connectivity index (χ4v) is 3.60. The third-order valence-corrected chi connectivity index (χ3v) is 4.81. The van der Waals surface area contributed by atoms with Crippen LogP contribution in [0.4, 0.5) is 0 Å². The van der Waals surface area contributed by atoms with Gasteiger partial charge in [0.05, 0.1) is 19.2 Å². The van der Waals surface area contributed by atoms with Crippen molar-refractivity contribution in [2.75, 3.05) is 7.11 Å². The molecular weight excluding hydrogens is 344 g/mol. The zero-order valence-electron chi connectivity index (χ0n) is 15.2. The molecule has 3 aromatic rings. The highest BCUT2D eigenvalue weighted by Gasteiger charge is 2.14. The molecule has 0 fully saturated rings. The summed E-state index contributed by atoms with van der Waals surface area (Å²) in [5.41, 5.74) is 4.00. The zero-order valence-corrected chi connectivity index (χ0v) is 16.0. The lowest BCUT2D eigenvalue weighted by Crippen LogP contribution is -2.31. The monoisotopic (exact) mass is 366 g/mol. The molecule has 0 atom stereocenters. The van der Waals surface area contributed by atoms with Crippen LogP contribution in [0.2, 0.25) is 0 Å². The smallest absolute Gasteiger partial charge is 0.226 e. The van der Waals surface area contributed by atoms with Crippen molar-refractivity contribution in [3.63, 3.8) is 0 Å². The molecule has 3 rings (SSSR count). The summed E-state index contributed by atoms with van der Waals surface area (Å²) < 4.78 is 5.39. The number of aromatic nitrogens is 1. The van der Waals surface area contributed by atoms with Gasteiger partial charge in [-0.05, 0) is 43.2 Å². The Morgan fingerprint density at radius 2 is 1.92 bits per heavy atom. The second-order valence-corrected chi connectivity index (χ2v) is 7.18. The standard InChI is InChI=1S/C21H22N2O2S/c1-14(2)22-20(24)11-16-13-26-21(23-16)18-10-9-17(25-3)12-19(18)15-7-5-4-6-8-15/h4-10,12-14H,11H2,1-3H3,(H,22,24). The molecule has 4 nitrogen and oxygen atoms in total. The van der Waals surface area contributed by atoms with Crippen LogP contribution >= 0.6 is 11.3 Å². The van der Waals surface area contributed by atoms with Gasteiger partial charge in [0, 0.05) is 17.0 Å². The Morgan fingerprint density at radius 1 is 1.15 bits per heavy atom. The number of amides is 1. The molecule has 1 aromatic heterocycles. The molecule has 0 unspecified atom stereocenters. The van der Waals surface area contributed by atoms with Crippen LogP contribution in [0.3, 0.4) is 0 Å². The van der Waals surface area contributed by atoms with E-state index in [2.05, 4.69) is 22.4 Å². The molecule has 1 heterocycles. The molecule has 26 heavy (non-hydrogen) atoms. The lowest BCUT2D eigenvalue weighted by molar-refractivity contribution is -0.120. The molecule has 0 spiro atoms. The van der Waals surface area contributed by atoms with E-state index in [1.165, 1.54) is 0 Å². The summed E-state index contributed by atoms with van der Waals surface area (Å²) in [6, 6.07) is 16.3. The third-order valence-electron chi connectivity index (χ3n) is 3.89. The predicted octanol–water partition coefficient (Wildman–Crippen LogP) is 4.55. The summed E-state index contributed by atoms with van der Waals surface area (Å²) in [5, 5.41) is 5.76. The van der Waals surface area contributed by atoms with Crippen LogP contribution in [-0.2, 0) is 11.2 Å². The van der Waals surface area contributed by atoms with Crippen molar-refractivity contribution in [3.05, 3.63) is 59.6 Å². The Bertz CT molecular complexity index is 888. The molecule has 0 radical (unpaired) electrons. The first-order chi connectivity index (χ1) is 12.6. The maximum atomic E-state index is 12.0. The van der Waals surface area contributed by atoms with Crippen LogP contribution in [-0.4, -0.2) is 24.0 Å². The molecule has 2 aromatic carbocycles. The van der Waals surface area contributed by atoms with Crippen molar-refractivity contribution >= 4 is 17.2 Å². The Labute approximate surface area is 157 Å². The Kier molecular flexibility index (Phi) is 5.68. The van der Waals surface area contributed by atoms with Crippen LogP contribution in [0.1, 0.15) is 19.5 Å². The number of carbonyl (C=O) groups excluding carboxylic acids is 1. The Hall–Kier alpha value is -2.66. The number of thiazole rings is 1. The summed E-state index contributed by atoms with van der Waals surface area (Å²) in [5.74, 6) is 0.801. The van der Waals surface area contributed by atoms with Crippen molar-refractivity contribution in [1.82, 2.24) is 10.3 Å². The molecule has 5 heteroatoms. The van der Waals surface area contributed by atoms with E-state index in [9.17, 15) is 4.79 Å². The van der Waals surface area contributed by atoms with Gasteiger partial charge >= 0.3 is 0 Å². The van der Waals surface area contributed by atoms with Crippen LogP contribution < -0.4 is 10.1 Å². The fraction of sp³-hybridized carbons (Fsp3) is 0.238. The van der Waals surface area contributed by atoms with Gasteiger partial charge in [-0.15, -0.1) is 11.3 Å². The Balaban J connectivity index is 1.93. The first kappa shape index (κ1) is 18.1. The summed E-state index contributed by atoms with van der Waals surface area (Å²) in [7, 11) is 1.67. The first-order valence-electron chi connectivity index (χ1n) is 8.54. The third kappa shape index (κ3) is 4.29. The topological polar surface area (TPSA) is 51.2 Å². The highest BCUT2D eigenvalue weighted by atomic mass is 32.1. The maximum absolute atomic E-state index is 12.0. The van der Waals surface area contributed by atoms with Crippen LogP contribution in [0.5, 0.6) is 5.75 Å². The second kappa shape index (κ2) is 8.15. The minimum atomic E-state index is -0.00476. The molecule has 0 saturated heterocycles. The van der Waals surface area contributed by atoms with Crippen molar-refractivity contribution < 1.29 is 9.53 Å². The van der Waals surface area contributed by atoms with Crippen molar-refractivity contribution in [1.29, 1.82) is 0 Å². The van der Waals surface area contributed by atoms with E-state index in [4.69, 9.17) is 4.74 Å². The van der Waals surface area contributed by atoms with Crippen LogP contribution in [0.15, 0.2) is 53.9 Å². The van der Waals surface area contributed by atoms with Gasteiger partial charge < -0.3 is 10.1 Å². The normalized spacial score (nSPS) is 10.8. The van der Waals surface area contributed by atoms with Gasteiger partial charge in [-0.3, -0.25) is 4.79 Å². The van der Waals surface area contributed by atoms with Gasteiger partial charge in [0.1, 0.15) is 10.8 Å². The molecule has 134 valence electrons. The molecule has 0 aliphatic carbocycles. The lowest BCUT2D eigenvalue weighted by atomic mass is 9.99. The number of nitrogens with zero attached hydrogens (tertiary/aromatic N) is 1. The summed E-state index contributed by atoms with van der Waals surface area (Å²) >= 11 is 1.55. The lowest BCUT2D eigenvalue weighted by Gasteiger charge is -2.10. The molecule has 1 amide bonds. The number of nitrogens with one attached hydrogen (secondary N) is 1. The van der Waals surface area contributed by atoms with Gasteiger partial charge in [0.15, 0.2) is 0 Å². The highest BCUT2D eigenvalue weighted by molar-refractivity contribution is 7.13. The zero-order chi connectivity index (χ0) is 18.5. The van der Waals surface area contributed by atoms with E-state index in [1.807, 2.05) is 55.6 Å². The highest BCUT2D eigenvalue weighted by Crippen LogP contribution is 2.36. The van der Waals surface area contributed by atoms with E-state index in [-0.39, 0.29) is 11.9 Å². The minimum absolute atomic E-state index is 0.00476. The van der Waals surface area contributed by atoms with E-state index in [1.54, 1.807) is 18.4 Å². The van der Waals surface area contributed by atoms with Gasteiger partial charge in [-0.25, -0.2) is 4.98 Å². The minimum Gasteiger partial charge on any atom is -0.497 e. The molecule has 0 bridgehead atoms. The molecular formula is C21H22N2O2S. The number of ether oxygens (including phenoxy) is 1. The molecule has 0 aliphatic rings. The van der Waals surface area contributed by atoms with E-state index < -0.39 is 0 Å². The number of hydrogen-bond donors (Lipinski definition) is 1. The number of carbonyl (C=O) groups is 1. The van der Waals surface area contributed by atoms with Gasteiger partial charge in [-0.1, -0.05) is 30.3 Å². The van der Waals surface area contributed by atoms with Gasteiger partial charge in [0.25, 0.3) is 0 Å². The summed E-state index contributed by atoms with van der Waals surface area (Å²) in [4.78, 5) is 16.7. The van der Waals surface area contributed by atoms with Crippen LogP contribution in [0.25, 0.3) is 21.7 Å². The SMILES string of the molecule is COc1ccc(-c2nc(CC(=O)NC(C)C)cs2)c(-c2ccccc2)c1. The van der Waals surface area contributed by atoms with Crippen molar-refractivity contribution in [3.8, 4) is 27.4 Å². The van der Waals surface area contributed by atoms with Crippen molar-refractivity contribution in [2.45, 2.75) is 26.3 Å². The quantitative estimate of drug-likeness (QED) is 0.696. The second-order valence-electron chi connectivity index (χ2n) is 6.32. The number of hydrogen-bond acceptors (Lipinski definition) is 4. The van der Waals surface area contributed by atoms with Gasteiger partial charge in [-0.2, -0.15) is 0 Å². The van der Waals surface area contributed by atoms with Crippen LogP contribution in [0, 0.1) is 0 Å². The average molecular weight is 366 g/mol. The number of rotatable bonds is 6. The van der Waals surface area contributed by atoms with Crippen molar-refractivity contribution in [2.24, 2.45) is 0 Å². The van der Waals surface area contributed by atoms with E-state index in [0.29, 0.717) is 6.42 Å². The van der Waals surface area contributed by atoms with Gasteiger partial charge in [0.2, 0.25) is 5.91 Å². The first-order valence-corrected chi connectivity index (χ1v) is 9.42. The number of benzene rings is 2. The fourth-order valence-electron chi connectivity index (χ4n) is 2.74. The molecule has 0 aliphatic heterocycles. The van der Waals surface area contributed by atoms with E-state index >= 15 is 0 Å². The molecule has 0 saturated carbocycles. The largest absolute Gasteiger partial charge is 0.497 e. The Morgan fingerprint density at radius 3 is 2.62 bits per heavy atom. The molecule has 1 N–H and O–H groups in total. The predicted molar refractivity (Wildman–Crippen MR) is 107 cm³/mol. The summed E-state index contributed by atoms with van der Waals surface area (Å²) in [6.45, 7) is 3.90. The van der Waals surface area contributed by atoms with E-state index in [0.717, 1.165) is 33.1 Å². The maximum Gasteiger partial charge on any atom is 0.226 e. The summed E-state index contributed by atoms with van der Waals surface area (Å²) in [6.07, 6.45) is 0.297.